The molecule has 1 aromatic heterocycles. The summed E-state index contributed by atoms with van der Waals surface area (Å²) in [5, 5.41) is 3.22. The van der Waals surface area contributed by atoms with E-state index < -0.39 is 0 Å². The molecule has 0 radical (unpaired) electrons. The van der Waals surface area contributed by atoms with E-state index in [4.69, 9.17) is 0 Å². The lowest BCUT2D eigenvalue weighted by atomic mass is 10.2. The predicted molar refractivity (Wildman–Crippen MR) is 45.5 cm³/mol. The molecular weight excluding hydrogens is 150 g/mol. The van der Waals surface area contributed by atoms with Crippen molar-refractivity contribution in [1.82, 2.24) is 4.98 Å². The van der Waals surface area contributed by atoms with Gasteiger partial charge in [-0.05, 0) is 12.1 Å². The van der Waals surface area contributed by atoms with Gasteiger partial charge in [0.15, 0.2) is 0 Å². The molecule has 2 heterocycles. The average Bonchev–Trinajstić information content (AvgIpc) is 2.71. The first kappa shape index (κ1) is 5.94. The van der Waals surface area contributed by atoms with Gasteiger partial charge in [-0.25, -0.2) is 0 Å². The Bertz CT molecular complexity index is 551. The minimum Gasteiger partial charge on any atom is -0.359 e. The van der Waals surface area contributed by atoms with Crippen molar-refractivity contribution in [3.63, 3.8) is 0 Å². The smallest absolute Gasteiger partial charge is 0.131 e. The number of fused-ring (bicyclic) bond motifs is 3. The van der Waals surface area contributed by atoms with E-state index in [9.17, 15) is 0 Å². The highest BCUT2D eigenvalue weighted by Gasteiger charge is 2.01. The van der Waals surface area contributed by atoms with Crippen molar-refractivity contribution in [2.24, 2.45) is 9.98 Å². The Labute approximate surface area is 68.5 Å². The standard InChI is InChI=1S/C9H7N3/c1-2-7-9(12-5-11-7)8-6(1)3-4-10-8/h1-4,10H,5H2. The van der Waals surface area contributed by atoms with Crippen molar-refractivity contribution in [3.05, 3.63) is 35.1 Å². The maximum atomic E-state index is 4.30. The minimum absolute atomic E-state index is 0.577. The summed E-state index contributed by atoms with van der Waals surface area (Å²) >= 11 is 0. The molecule has 2 aromatic rings. The largest absolute Gasteiger partial charge is 0.359 e. The Morgan fingerprint density at radius 1 is 1.17 bits per heavy atom. The molecule has 3 rings (SSSR count). The zero-order chi connectivity index (χ0) is 7.97. The summed E-state index contributed by atoms with van der Waals surface area (Å²) in [5.41, 5.74) is 1.11. The molecule has 0 amide bonds. The highest BCUT2D eigenvalue weighted by Crippen LogP contribution is 2.04. The van der Waals surface area contributed by atoms with Crippen LogP contribution >= 0.6 is 0 Å². The number of hydrogen-bond acceptors (Lipinski definition) is 2. The lowest BCUT2D eigenvalue weighted by Gasteiger charge is -1.86. The minimum atomic E-state index is 0.577. The van der Waals surface area contributed by atoms with E-state index in [1.54, 1.807) is 0 Å². The van der Waals surface area contributed by atoms with Crippen LogP contribution in [0.5, 0.6) is 0 Å². The molecule has 0 fully saturated rings. The van der Waals surface area contributed by atoms with Crippen molar-refractivity contribution in [3.8, 4) is 0 Å². The SMILES string of the molecule is c1cc2ccc3c(c2[nH]1)=NCN=3. The van der Waals surface area contributed by atoms with Gasteiger partial charge in [0.25, 0.3) is 0 Å². The molecule has 0 saturated heterocycles. The zero-order valence-corrected chi connectivity index (χ0v) is 6.41. The molecule has 0 atom stereocenters. The molecule has 3 nitrogen and oxygen atoms in total. The lowest BCUT2D eigenvalue weighted by Crippen LogP contribution is -2.21. The molecule has 1 aromatic carbocycles. The molecular formula is C9H7N3. The zero-order valence-electron chi connectivity index (χ0n) is 6.41. The van der Waals surface area contributed by atoms with E-state index in [0.717, 1.165) is 16.2 Å². The van der Waals surface area contributed by atoms with Crippen LogP contribution in [-0.2, 0) is 0 Å². The summed E-state index contributed by atoms with van der Waals surface area (Å²) in [7, 11) is 0. The maximum absolute atomic E-state index is 4.30. The molecule has 12 heavy (non-hydrogen) atoms. The van der Waals surface area contributed by atoms with Crippen LogP contribution in [0.15, 0.2) is 34.4 Å². The van der Waals surface area contributed by atoms with Crippen LogP contribution in [-0.4, -0.2) is 11.7 Å². The number of hydrogen-bond donors (Lipinski definition) is 1. The number of aromatic nitrogens is 1. The van der Waals surface area contributed by atoms with Crippen LogP contribution in [0.1, 0.15) is 0 Å². The molecule has 3 heteroatoms. The molecule has 58 valence electrons. The van der Waals surface area contributed by atoms with E-state index in [2.05, 4.69) is 21.0 Å². The van der Waals surface area contributed by atoms with Crippen LogP contribution in [0.4, 0.5) is 0 Å². The van der Waals surface area contributed by atoms with Crippen LogP contribution in [0.3, 0.4) is 0 Å². The van der Waals surface area contributed by atoms with Gasteiger partial charge in [0.2, 0.25) is 0 Å². The highest BCUT2D eigenvalue weighted by atomic mass is 15.0. The van der Waals surface area contributed by atoms with Gasteiger partial charge in [0.05, 0.1) is 10.9 Å². The third-order valence-electron chi connectivity index (χ3n) is 2.15. The molecule has 0 bridgehead atoms. The molecule has 0 saturated carbocycles. The Kier molecular flexibility index (Phi) is 0.961. The first-order chi connectivity index (χ1) is 5.95. The Morgan fingerprint density at radius 3 is 3.17 bits per heavy atom. The second-order valence-corrected chi connectivity index (χ2v) is 2.83. The van der Waals surface area contributed by atoms with Crippen LogP contribution in [0.25, 0.3) is 10.9 Å². The predicted octanol–water partition coefficient (Wildman–Crippen LogP) is 0.378. The molecule has 0 aliphatic carbocycles. The van der Waals surface area contributed by atoms with Crippen LogP contribution in [0, 0.1) is 0 Å². The van der Waals surface area contributed by atoms with E-state index in [-0.39, 0.29) is 0 Å². The van der Waals surface area contributed by atoms with Crippen molar-refractivity contribution in [1.29, 1.82) is 0 Å². The number of rotatable bonds is 0. The van der Waals surface area contributed by atoms with E-state index in [1.807, 2.05) is 18.3 Å². The van der Waals surface area contributed by atoms with E-state index in [1.165, 1.54) is 5.39 Å². The fraction of sp³-hybridized carbons (Fsp3) is 0.111. The van der Waals surface area contributed by atoms with Gasteiger partial charge >= 0.3 is 0 Å². The van der Waals surface area contributed by atoms with Crippen molar-refractivity contribution in [2.75, 3.05) is 6.67 Å². The van der Waals surface area contributed by atoms with Gasteiger partial charge in [0.1, 0.15) is 12.0 Å². The topological polar surface area (TPSA) is 40.5 Å². The Morgan fingerprint density at radius 2 is 2.17 bits per heavy atom. The van der Waals surface area contributed by atoms with E-state index in [0.29, 0.717) is 6.67 Å². The second-order valence-electron chi connectivity index (χ2n) is 2.83. The summed E-state index contributed by atoms with van der Waals surface area (Å²) in [5.74, 6) is 0. The number of nitrogens with zero attached hydrogens (tertiary/aromatic N) is 2. The first-order valence-electron chi connectivity index (χ1n) is 3.90. The third-order valence-corrected chi connectivity index (χ3v) is 2.15. The Hall–Kier alpha value is -1.64. The maximum Gasteiger partial charge on any atom is 0.131 e. The summed E-state index contributed by atoms with van der Waals surface area (Å²) in [6.45, 7) is 0.577. The van der Waals surface area contributed by atoms with Crippen molar-refractivity contribution in [2.45, 2.75) is 0 Å². The van der Waals surface area contributed by atoms with Gasteiger partial charge in [-0.15, -0.1) is 0 Å². The average molecular weight is 157 g/mol. The van der Waals surface area contributed by atoms with Gasteiger partial charge in [0, 0.05) is 11.6 Å². The molecule has 1 N–H and O–H groups in total. The van der Waals surface area contributed by atoms with Gasteiger partial charge < -0.3 is 4.98 Å². The lowest BCUT2D eigenvalue weighted by molar-refractivity contribution is 1.06. The van der Waals surface area contributed by atoms with Crippen molar-refractivity contribution < 1.29 is 0 Å². The quantitative estimate of drug-likeness (QED) is 0.574. The van der Waals surface area contributed by atoms with E-state index >= 15 is 0 Å². The summed E-state index contributed by atoms with van der Waals surface area (Å²) < 4.78 is 0. The van der Waals surface area contributed by atoms with Gasteiger partial charge in [-0.1, -0.05) is 6.07 Å². The fourth-order valence-corrected chi connectivity index (χ4v) is 1.57. The fourth-order valence-electron chi connectivity index (χ4n) is 1.57. The normalized spacial score (nSPS) is 14.0. The van der Waals surface area contributed by atoms with Crippen LogP contribution < -0.4 is 10.7 Å². The molecule has 0 unspecified atom stereocenters. The summed E-state index contributed by atoms with van der Waals surface area (Å²) in [4.78, 5) is 11.7. The number of nitrogens with one attached hydrogen (secondary N) is 1. The molecule has 0 spiro atoms. The van der Waals surface area contributed by atoms with Crippen molar-refractivity contribution >= 4 is 10.9 Å². The number of aromatic amines is 1. The summed E-state index contributed by atoms with van der Waals surface area (Å²) in [6.07, 6.45) is 1.93. The van der Waals surface area contributed by atoms with Crippen LogP contribution in [0.2, 0.25) is 0 Å². The molecule has 1 aliphatic rings. The number of benzene rings is 1. The summed E-state index contributed by atoms with van der Waals surface area (Å²) in [6, 6.07) is 6.13. The van der Waals surface area contributed by atoms with Gasteiger partial charge in [-0.2, -0.15) is 0 Å². The highest BCUT2D eigenvalue weighted by molar-refractivity contribution is 5.78. The first-order valence-corrected chi connectivity index (χ1v) is 3.90. The second kappa shape index (κ2) is 1.94. The van der Waals surface area contributed by atoms with Gasteiger partial charge in [-0.3, -0.25) is 9.98 Å². The number of H-pyrrole nitrogens is 1. The Balaban J connectivity index is 2.73. The monoisotopic (exact) mass is 157 g/mol. The molecule has 1 aliphatic heterocycles. The third kappa shape index (κ3) is 0.605.